The molecule has 0 atom stereocenters. The van der Waals surface area contributed by atoms with Gasteiger partial charge >= 0.3 is 0 Å². The predicted octanol–water partition coefficient (Wildman–Crippen LogP) is 4.08. The van der Waals surface area contributed by atoms with Gasteiger partial charge in [0.25, 0.3) is 0 Å². The summed E-state index contributed by atoms with van der Waals surface area (Å²) in [5.74, 6) is 0.597. The fourth-order valence-electron chi connectivity index (χ4n) is 2.29. The van der Waals surface area contributed by atoms with Gasteiger partial charge < -0.3 is 4.98 Å². The van der Waals surface area contributed by atoms with Crippen LogP contribution in [-0.4, -0.2) is 4.98 Å². The second-order valence-corrected chi connectivity index (χ2v) is 5.92. The number of aromatic nitrogens is 1. The van der Waals surface area contributed by atoms with Crippen LogP contribution in [0, 0.1) is 6.92 Å². The predicted molar refractivity (Wildman–Crippen MR) is 65.7 cm³/mol. The Morgan fingerprint density at radius 2 is 2.07 bits per heavy atom. The molecule has 0 bridgehead atoms. The van der Waals surface area contributed by atoms with Gasteiger partial charge in [0.2, 0.25) is 0 Å². The Morgan fingerprint density at radius 1 is 1.27 bits per heavy atom. The van der Waals surface area contributed by atoms with Crippen LogP contribution in [-0.2, 0) is 6.42 Å². The average molecular weight is 217 g/mol. The van der Waals surface area contributed by atoms with Crippen molar-refractivity contribution in [3.63, 3.8) is 0 Å². The van der Waals surface area contributed by atoms with Crippen LogP contribution in [0.2, 0.25) is 0 Å². The summed E-state index contributed by atoms with van der Waals surface area (Å²) in [4.78, 5) is 6.46. The number of thiophene rings is 1. The van der Waals surface area contributed by atoms with Gasteiger partial charge in [-0.3, -0.25) is 0 Å². The summed E-state index contributed by atoms with van der Waals surface area (Å²) < 4.78 is 0. The van der Waals surface area contributed by atoms with Crippen molar-refractivity contribution in [2.75, 3.05) is 0 Å². The Bertz CT molecular complexity index is 517. The van der Waals surface area contributed by atoms with Gasteiger partial charge in [0.15, 0.2) is 0 Å². The van der Waals surface area contributed by atoms with E-state index in [0.717, 1.165) is 6.42 Å². The molecule has 0 fully saturated rings. The molecule has 0 radical (unpaired) electrons. The molecule has 1 nitrogen and oxygen atoms in total. The molecule has 0 unspecified atom stereocenters. The van der Waals surface area contributed by atoms with E-state index in [1.54, 1.807) is 0 Å². The van der Waals surface area contributed by atoms with Crippen LogP contribution in [0.5, 0.6) is 0 Å². The zero-order chi connectivity index (χ0) is 10.6. The maximum Gasteiger partial charge on any atom is 0.0596 e. The van der Waals surface area contributed by atoms with Gasteiger partial charge in [-0.1, -0.05) is 13.8 Å². The summed E-state index contributed by atoms with van der Waals surface area (Å²) in [5.41, 5.74) is 5.75. The lowest BCUT2D eigenvalue weighted by Crippen LogP contribution is -1.86. The van der Waals surface area contributed by atoms with Gasteiger partial charge in [0.05, 0.1) is 10.6 Å². The Morgan fingerprint density at radius 3 is 2.80 bits per heavy atom. The van der Waals surface area contributed by atoms with Gasteiger partial charge in [0.1, 0.15) is 0 Å². The molecule has 1 N–H and O–H groups in total. The first-order valence-corrected chi connectivity index (χ1v) is 6.28. The maximum atomic E-state index is 3.57. The van der Waals surface area contributed by atoms with E-state index in [2.05, 4.69) is 37.9 Å². The summed E-state index contributed by atoms with van der Waals surface area (Å²) in [5, 5.41) is 0. The van der Waals surface area contributed by atoms with E-state index in [0.29, 0.717) is 5.92 Å². The number of fused-ring (bicyclic) bond motifs is 3. The zero-order valence-electron chi connectivity index (χ0n) is 9.35. The van der Waals surface area contributed by atoms with Gasteiger partial charge in [-0.15, -0.1) is 11.3 Å². The third-order valence-corrected chi connectivity index (χ3v) is 4.19. The topological polar surface area (TPSA) is 15.8 Å². The number of nitrogens with one attached hydrogen (secondary N) is 1. The number of aryl methyl sites for hydroxylation is 1. The molecule has 78 valence electrons. The van der Waals surface area contributed by atoms with E-state index < -0.39 is 0 Å². The lowest BCUT2D eigenvalue weighted by atomic mass is 10.1. The van der Waals surface area contributed by atoms with E-state index >= 15 is 0 Å². The third kappa shape index (κ3) is 1.28. The standard InChI is InChI=1S/C13H15NS/c1-7(2)11-6-9-5-10-4-8(3)15-13(10)12(9)14-11/h4,6-7,14H,5H2,1-3H3. The highest BCUT2D eigenvalue weighted by Crippen LogP contribution is 2.42. The Kier molecular flexibility index (Phi) is 1.84. The molecule has 3 rings (SSSR count). The normalized spacial score (nSPS) is 13.3. The first kappa shape index (κ1) is 9.22. The molecule has 0 aliphatic heterocycles. The van der Waals surface area contributed by atoms with Crippen molar-refractivity contribution in [2.45, 2.75) is 33.1 Å². The SMILES string of the molecule is Cc1cc2c(s1)-c1[nH]c(C(C)C)cc1C2. The summed E-state index contributed by atoms with van der Waals surface area (Å²) in [6, 6.07) is 4.66. The van der Waals surface area contributed by atoms with E-state index in [1.807, 2.05) is 11.3 Å². The molecule has 2 heterocycles. The highest BCUT2D eigenvalue weighted by Gasteiger charge is 2.23. The first-order valence-electron chi connectivity index (χ1n) is 5.46. The molecular formula is C13H15NS. The lowest BCUT2D eigenvalue weighted by Gasteiger charge is -2.00. The second-order valence-electron chi connectivity index (χ2n) is 4.67. The van der Waals surface area contributed by atoms with E-state index in [4.69, 9.17) is 0 Å². The van der Waals surface area contributed by atoms with Crippen molar-refractivity contribution in [1.29, 1.82) is 0 Å². The van der Waals surface area contributed by atoms with Crippen molar-refractivity contribution < 1.29 is 0 Å². The fourth-order valence-corrected chi connectivity index (χ4v) is 3.36. The summed E-state index contributed by atoms with van der Waals surface area (Å²) in [6.45, 7) is 6.66. The first-order chi connectivity index (χ1) is 7.15. The Hall–Kier alpha value is -1.02. The molecule has 0 saturated carbocycles. The molecule has 0 amide bonds. The summed E-state index contributed by atoms with van der Waals surface area (Å²) in [7, 11) is 0. The molecule has 1 aliphatic rings. The minimum absolute atomic E-state index is 0.597. The zero-order valence-corrected chi connectivity index (χ0v) is 10.2. The molecule has 0 aromatic carbocycles. The third-order valence-electron chi connectivity index (χ3n) is 3.08. The molecule has 2 heteroatoms. The lowest BCUT2D eigenvalue weighted by molar-refractivity contribution is 0.833. The largest absolute Gasteiger partial charge is 0.357 e. The van der Waals surface area contributed by atoms with Crippen molar-refractivity contribution in [1.82, 2.24) is 4.98 Å². The van der Waals surface area contributed by atoms with Crippen molar-refractivity contribution in [3.05, 3.63) is 33.8 Å². The van der Waals surface area contributed by atoms with Crippen molar-refractivity contribution >= 4 is 11.3 Å². The number of hydrogen-bond donors (Lipinski definition) is 1. The maximum absolute atomic E-state index is 3.57. The Balaban J connectivity index is 2.14. The minimum Gasteiger partial charge on any atom is -0.357 e. The van der Waals surface area contributed by atoms with Gasteiger partial charge in [-0.2, -0.15) is 0 Å². The van der Waals surface area contributed by atoms with Crippen LogP contribution in [0.3, 0.4) is 0 Å². The molecular weight excluding hydrogens is 202 g/mol. The van der Waals surface area contributed by atoms with Gasteiger partial charge in [0, 0.05) is 17.0 Å². The fraction of sp³-hybridized carbons (Fsp3) is 0.385. The molecule has 0 spiro atoms. The number of hydrogen-bond acceptors (Lipinski definition) is 1. The van der Waals surface area contributed by atoms with Crippen LogP contribution >= 0.6 is 11.3 Å². The number of rotatable bonds is 1. The summed E-state index contributed by atoms with van der Waals surface area (Å²) >= 11 is 1.91. The molecule has 0 saturated heterocycles. The highest BCUT2D eigenvalue weighted by molar-refractivity contribution is 7.15. The monoisotopic (exact) mass is 217 g/mol. The van der Waals surface area contributed by atoms with Crippen LogP contribution in [0.4, 0.5) is 0 Å². The van der Waals surface area contributed by atoms with Crippen LogP contribution in [0.1, 0.15) is 41.5 Å². The van der Waals surface area contributed by atoms with E-state index in [1.165, 1.54) is 32.3 Å². The van der Waals surface area contributed by atoms with Crippen LogP contribution < -0.4 is 0 Å². The number of H-pyrrole nitrogens is 1. The Labute approximate surface area is 94.2 Å². The van der Waals surface area contributed by atoms with Crippen molar-refractivity contribution in [2.24, 2.45) is 0 Å². The molecule has 2 aromatic rings. The van der Waals surface area contributed by atoms with E-state index in [9.17, 15) is 0 Å². The smallest absolute Gasteiger partial charge is 0.0596 e. The van der Waals surface area contributed by atoms with Crippen LogP contribution in [0.25, 0.3) is 10.6 Å². The minimum atomic E-state index is 0.597. The van der Waals surface area contributed by atoms with Gasteiger partial charge in [-0.05, 0) is 36.1 Å². The van der Waals surface area contributed by atoms with Gasteiger partial charge in [-0.25, -0.2) is 0 Å². The molecule has 1 aliphatic carbocycles. The van der Waals surface area contributed by atoms with Crippen molar-refractivity contribution in [3.8, 4) is 10.6 Å². The summed E-state index contributed by atoms with van der Waals surface area (Å²) in [6.07, 6.45) is 1.12. The molecule has 2 aromatic heterocycles. The van der Waals surface area contributed by atoms with E-state index in [-0.39, 0.29) is 0 Å². The quantitative estimate of drug-likeness (QED) is 0.632. The van der Waals surface area contributed by atoms with Crippen LogP contribution in [0.15, 0.2) is 12.1 Å². The number of aromatic amines is 1. The highest BCUT2D eigenvalue weighted by atomic mass is 32.1. The molecule has 15 heavy (non-hydrogen) atoms. The second kappa shape index (κ2) is 2.99. The average Bonchev–Trinajstić information content (AvgIpc) is 2.73.